The molecule has 460 valence electrons. The van der Waals surface area contributed by atoms with Gasteiger partial charge in [-0.2, -0.15) is 0 Å². The highest BCUT2D eigenvalue weighted by Gasteiger charge is 2.19. The zero-order chi connectivity index (χ0) is 56.4. The number of hydrogen-bond acceptors (Lipinski definition) is 6. The Hall–Kier alpha value is -2.11. The van der Waals surface area contributed by atoms with Gasteiger partial charge in [0, 0.05) is 19.3 Å². The van der Waals surface area contributed by atoms with E-state index in [1.54, 1.807) is 0 Å². The Labute approximate surface area is 487 Å². The Kier molecular flexibility index (Phi) is 65.6. The van der Waals surface area contributed by atoms with Crippen molar-refractivity contribution in [3.8, 4) is 0 Å². The zero-order valence-corrected chi connectivity index (χ0v) is 53.0. The van der Waals surface area contributed by atoms with E-state index >= 15 is 0 Å². The summed E-state index contributed by atoms with van der Waals surface area (Å²) in [4.78, 5) is 38.3. The van der Waals surface area contributed by atoms with Crippen molar-refractivity contribution in [1.29, 1.82) is 0 Å². The van der Waals surface area contributed by atoms with Gasteiger partial charge in [-0.1, -0.05) is 353 Å². The van der Waals surface area contributed by atoms with Gasteiger partial charge in [0.2, 0.25) is 0 Å². The van der Waals surface area contributed by atoms with Crippen LogP contribution in [0.5, 0.6) is 0 Å². The maximum atomic E-state index is 12.9. The molecule has 0 N–H and O–H groups in total. The van der Waals surface area contributed by atoms with E-state index in [1.807, 2.05) is 0 Å². The SMILES string of the molecule is CCCCCC/C=C\C/C=C\CCCCCCCCCC(=O)OC(COC(=O)CCCCCCCCCCCC)COC(=O)CCCCCCCCCCCCCCCCCCCCCCCCCCCCCCCCCC. The van der Waals surface area contributed by atoms with Crippen LogP contribution in [0.1, 0.15) is 400 Å². The molecule has 0 aromatic carbocycles. The van der Waals surface area contributed by atoms with Gasteiger partial charge in [0.15, 0.2) is 6.10 Å². The third-order valence-electron chi connectivity index (χ3n) is 16.2. The van der Waals surface area contributed by atoms with E-state index in [2.05, 4.69) is 45.1 Å². The van der Waals surface area contributed by atoms with Gasteiger partial charge < -0.3 is 14.2 Å². The summed E-state index contributed by atoms with van der Waals surface area (Å²) in [5.41, 5.74) is 0. The first-order valence-electron chi connectivity index (χ1n) is 35.3. The van der Waals surface area contributed by atoms with Crippen LogP contribution in [0.4, 0.5) is 0 Å². The second kappa shape index (κ2) is 67.4. The number of carbonyl (C=O) groups is 3. The lowest BCUT2D eigenvalue weighted by Crippen LogP contribution is -2.30. The lowest BCUT2D eigenvalue weighted by atomic mass is 10.0. The van der Waals surface area contributed by atoms with Crippen molar-refractivity contribution in [1.82, 2.24) is 0 Å². The third kappa shape index (κ3) is 64.7. The van der Waals surface area contributed by atoms with Gasteiger partial charge in [0.05, 0.1) is 0 Å². The van der Waals surface area contributed by atoms with Crippen LogP contribution in [-0.2, 0) is 28.6 Å². The van der Waals surface area contributed by atoms with Gasteiger partial charge in [-0.05, 0) is 51.4 Å². The molecule has 0 amide bonds. The highest BCUT2D eigenvalue weighted by atomic mass is 16.6. The lowest BCUT2D eigenvalue weighted by molar-refractivity contribution is -0.167. The highest BCUT2D eigenvalue weighted by Crippen LogP contribution is 2.19. The van der Waals surface area contributed by atoms with Gasteiger partial charge in [-0.25, -0.2) is 0 Å². The average Bonchev–Trinajstić information content (AvgIpc) is 3.44. The van der Waals surface area contributed by atoms with Gasteiger partial charge in [-0.3, -0.25) is 14.4 Å². The van der Waals surface area contributed by atoms with E-state index in [0.29, 0.717) is 19.3 Å². The number of carbonyl (C=O) groups excluding carboxylic acids is 3. The van der Waals surface area contributed by atoms with Crippen molar-refractivity contribution in [3.05, 3.63) is 24.3 Å². The molecule has 1 unspecified atom stereocenters. The molecule has 0 aliphatic heterocycles. The first-order chi connectivity index (χ1) is 38.5. The van der Waals surface area contributed by atoms with Crippen LogP contribution >= 0.6 is 0 Å². The molecule has 0 bridgehead atoms. The average molecular weight is 1100 g/mol. The predicted octanol–water partition coefficient (Wildman–Crippen LogP) is 24.2. The maximum Gasteiger partial charge on any atom is 0.306 e. The van der Waals surface area contributed by atoms with E-state index in [0.717, 1.165) is 70.6 Å². The first-order valence-corrected chi connectivity index (χ1v) is 35.3. The molecular formula is C72H136O6. The minimum atomic E-state index is -0.771. The molecule has 0 saturated carbocycles. The summed E-state index contributed by atoms with van der Waals surface area (Å²) in [5, 5.41) is 0. The maximum absolute atomic E-state index is 12.9. The smallest absolute Gasteiger partial charge is 0.306 e. The standard InChI is InChI=1S/C72H136O6/c1-4-7-10-13-16-19-22-24-26-28-30-31-32-33-34-35-36-37-38-39-40-41-42-43-45-46-48-50-53-56-59-62-65-71(74)77-68-69(67-76-70(73)64-61-58-55-52-21-18-15-12-9-6-3)78-72(75)66-63-60-57-54-51-49-47-44-29-27-25-23-20-17-14-11-8-5-2/h20,23,27,29,69H,4-19,21-22,24-26,28,30-68H2,1-3H3/b23-20-,29-27-. The Bertz CT molecular complexity index is 1260. The van der Waals surface area contributed by atoms with Crippen molar-refractivity contribution in [2.75, 3.05) is 13.2 Å². The zero-order valence-electron chi connectivity index (χ0n) is 53.0. The van der Waals surface area contributed by atoms with Crippen LogP contribution in [0.2, 0.25) is 0 Å². The molecule has 0 fully saturated rings. The Morgan fingerprint density at radius 2 is 0.462 bits per heavy atom. The molecule has 0 rings (SSSR count). The van der Waals surface area contributed by atoms with Crippen LogP contribution in [0.3, 0.4) is 0 Å². The minimum absolute atomic E-state index is 0.0687. The Balaban J connectivity index is 4.05. The molecule has 0 aliphatic carbocycles. The molecule has 0 aromatic rings. The van der Waals surface area contributed by atoms with Crippen LogP contribution in [0.15, 0.2) is 24.3 Å². The molecule has 78 heavy (non-hydrogen) atoms. The molecule has 6 nitrogen and oxygen atoms in total. The van der Waals surface area contributed by atoms with Crippen LogP contribution < -0.4 is 0 Å². The van der Waals surface area contributed by atoms with Crippen molar-refractivity contribution in [3.63, 3.8) is 0 Å². The Morgan fingerprint density at radius 3 is 0.718 bits per heavy atom. The van der Waals surface area contributed by atoms with Crippen molar-refractivity contribution in [2.24, 2.45) is 0 Å². The first kappa shape index (κ1) is 75.9. The summed E-state index contributed by atoms with van der Waals surface area (Å²) in [6.45, 7) is 6.68. The number of allylic oxidation sites excluding steroid dienone is 4. The number of esters is 3. The van der Waals surface area contributed by atoms with Gasteiger partial charge in [0.1, 0.15) is 13.2 Å². The molecule has 0 aliphatic rings. The Morgan fingerprint density at radius 1 is 0.256 bits per heavy atom. The van der Waals surface area contributed by atoms with Crippen LogP contribution in [-0.4, -0.2) is 37.2 Å². The fourth-order valence-corrected chi connectivity index (χ4v) is 10.9. The van der Waals surface area contributed by atoms with E-state index in [1.165, 1.54) is 289 Å². The summed E-state index contributed by atoms with van der Waals surface area (Å²) >= 11 is 0. The van der Waals surface area contributed by atoms with E-state index in [9.17, 15) is 14.4 Å². The summed E-state index contributed by atoms with van der Waals surface area (Å²) in [5.74, 6) is -0.851. The molecule has 1 atom stereocenters. The number of unbranched alkanes of at least 4 members (excludes halogenated alkanes) is 51. The number of ether oxygens (including phenoxy) is 3. The summed E-state index contributed by atoms with van der Waals surface area (Å²) in [7, 11) is 0. The third-order valence-corrected chi connectivity index (χ3v) is 16.2. The molecule has 0 aromatic heterocycles. The summed E-state index contributed by atoms with van der Waals surface area (Å²) in [6, 6.07) is 0. The predicted molar refractivity (Wildman–Crippen MR) is 340 cm³/mol. The summed E-state index contributed by atoms with van der Waals surface area (Å²) < 4.78 is 16.9. The lowest BCUT2D eigenvalue weighted by Gasteiger charge is -2.18. The monoisotopic (exact) mass is 1100 g/mol. The largest absolute Gasteiger partial charge is 0.462 e. The second-order valence-corrected chi connectivity index (χ2v) is 24.2. The van der Waals surface area contributed by atoms with Crippen LogP contribution in [0, 0.1) is 0 Å². The highest BCUT2D eigenvalue weighted by molar-refractivity contribution is 5.71. The fourth-order valence-electron chi connectivity index (χ4n) is 10.9. The van der Waals surface area contributed by atoms with Crippen molar-refractivity contribution < 1.29 is 28.6 Å². The minimum Gasteiger partial charge on any atom is -0.462 e. The van der Waals surface area contributed by atoms with Crippen molar-refractivity contribution in [2.45, 2.75) is 406 Å². The number of rotatable bonds is 66. The second-order valence-electron chi connectivity index (χ2n) is 24.2. The van der Waals surface area contributed by atoms with Gasteiger partial charge in [-0.15, -0.1) is 0 Å². The normalized spacial score (nSPS) is 12.1. The summed E-state index contributed by atoms with van der Waals surface area (Å²) in [6.07, 6.45) is 82.3. The van der Waals surface area contributed by atoms with E-state index in [-0.39, 0.29) is 31.1 Å². The molecular weight excluding hydrogens is 961 g/mol. The molecule has 0 saturated heterocycles. The fraction of sp³-hybridized carbons (Fsp3) is 0.903. The van der Waals surface area contributed by atoms with Gasteiger partial charge in [0.25, 0.3) is 0 Å². The quantitative estimate of drug-likeness (QED) is 0.0261. The van der Waals surface area contributed by atoms with E-state index < -0.39 is 6.10 Å². The van der Waals surface area contributed by atoms with E-state index in [4.69, 9.17) is 14.2 Å². The number of hydrogen-bond donors (Lipinski definition) is 0. The topological polar surface area (TPSA) is 78.9 Å². The van der Waals surface area contributed by atoms with Crippen molar-refractivity contribution >= 4 is 17.9 Å². The molecule has 0 heterocycles. The molecule has 0 radical (unpaired) electrons. The van der Waals surface area contributed by atoms with Crippen LogP contribution in [0.25, 0.3) is 0 Å². The molecule has 6 heteroatoms. The van der Waals surface area contributed by atoms with Gasteiger partial charge >= 0.3 is 17.9 Å². The molecule has 0 spiro atoms.